The van der Waals surface area contributed by atoms with E-state index in [1.54, 1.807) is 35.2 Å². The Balaban J connectivity index is 1.33. The van der Waals surface area contributed by atoms with Gasteiger partial charge in [0.15, 0.2) is 5.65 Å². The molecular formula is C33H33F3N6O2. The minimum absolute atomic E-state index is 0.0325. The van der Waals surface area contributed by atoms with E-state index in [-0.39, 0.29) is 41.3 Å². The van der Waals surface area contributed by atoms with Crippen molar-refractivity contribution in [2.45, 2.75) is 43.9 Å². The molecule has 5 heterocycles. The average molecular weight is 603 g/mol. The van der Waals surface area contributed by atoms with E-state index in [2.05, 4.69) is 21.4 Å². The van der Waals surface area contributed by atoms with E-state index >= 15 is 8.78 Å². The average Bonchev–Trinajstić information content (AvgIpc) is 3.54. The monoisotopic (exact) mass is 602 g/mol. The molecule has 3 aliphatic rings. The van der Waals surface area contributed by atoms with Crippen LogP contribution >= 0.6 is 0 Å². The predicted octanol–water partition coefficient (Wildman–Crippen LogP) is 5.30. The Kier molecular flexibility index (Phi) is 7.15. The van der Waals surface area contributed by atoms with Crippen LogP contribution in [0.15, 0.2) is 55.1 Å². The van der Waals surface area contributed by atoms with Gasteiger partial charge in [0.1, 0.15) is 35.9 Å². The molecule has 44 heavy (non-hydrogen) atoms. The number of nitrogens with zero attached hydrogens (tertiary/aromatic N) is 6. The molecule has 3 atom stereocenters. The Morgan fingerprint density at radius 1 is 1.09 bits per heavy atom. The van der Waals surface area contributed by atoms with Crippen LogP contribution in [-0.2, 0) is 4.79 Å². The van der Waals surface area contributed by atoms with Crippen molar-refractivity contribution in [2.24, 2.45) is 0 Å². The fourth-order valence-corrected chi connectivity index (χ4v) is 7.21. The molecule has 0 spiro atoms. The standard InChI is InChI=1S/C33H33F3N6O2/c1-3-27(43)40-13-14-42(20(2)17-40)31-24-15-26(36)29(23-9-4-7-21-8-5-10-25(35)28(21)23)37-30(24)38-32(39-31)44-19-33-11-6-12-41(33)18-22(34)16-33/h3-5,7-10,15,20,22H,1,6,11-14,16-19H2,2H3/t20-,22-,33+/m1/s1. The number of halogens is 3. The molecule has 0 unspecified atom stereocenters. The van der Waals surface area contributed by atoms with Crippen molar-refractivity contribution in [3.8, 4) is 17.3 Å². The first-order valence-electron chi connectivity index (χ1n) is 15.0. The number of hydrogen-bond donors (Lipinski definition) is 0. The molecule has 0 radical (unpaired) electrons. The number of pyridine rings is 1. The zero-order chi connectivity index (χ0) is 30.6. The number of carbonyl (C=O) groups excluding carboxylic acids is 1. The molecule has 0 aliphatic carbocycles. The van der Waals surface area contributed by atoms with E-state index in [0.29, 0.717) is 54.8 Å². The minimum Gasteiger partial charge on any atom is -0.461 e. The van der Waals surface area contributed by atoms with Gasteiger partial charge >= 0.3 is 6.01 Å². The van der Waals surface area contributed by atoms with Gasteiger partial charge in [-0.05, 0) is 49.9 Å². The molecular weight excluding hydrogens is 569 g/mol. The van der Waals surface area contributed by atoms with Crippen LogP contribution in [0.3, 0.4) is 0 Å². The maximum absolute atomic E-state index is 16.0. The third kappa shape index (κ3) is 4.83. The molecule has 228 valence electrons. The first-order chi connectivity index (χ1) is 21.3. The maximum Gasteiger partial charge on any atom is 0.320 e. The highest BCUT2D eigenvalue weighted by Gasteiger charge is 2.49. The summed E-state index contributed by atoms with van der Waals surface area (Å²) in [6.45, 7) is 8.28. The second kappa shape index (κ2) is 11.0. The van der Waals surface area contributed by atoms with Crippen LogP contribution in [0.2, 0.25) is 0 Å². The summed E-state index contributed by atoms with van der Waals surface area (Å²) in [7, 11) is 0. The number of ether oxygens (including phenoxy) is 1. The quantitative estimate of drug-likeness (QED) is 0.277. The van der Waals surface area contributed by atoms with Crippen LogP contribution in [0.1, 0.15) is 26.2 Å². The number of amides is 1. The van der Waals surface area contributed by atoms with E-state index in [1.807, 2.05) is 11.8 Å². The summed E-state index contributed by atoms with van der Waals surface area (Å²) in [4.78, 5) is 32.2. The molecule has 0 N–H and O–H groups in total. The van der Waals surface area contributed by atoms with Gasteiger partial charge in [0.2, 0.25) is 5.91 Å². The van der Waals surface area contributed by atoms with Crippen molar-refractivity contribution < 1.29 is 22.7 Å². The second-order valence-corrected chi connectivity index (χ2v) is 12.1. The SMILES string of the molecule is C=CC(=O)N1CCN(c2nc(OC[C@@]34CCCN3C[C@H](F)C4)nc3nc(-c4cccc5cccc(F)c45)c(F)cc23)[C@H](C)C1. The van der Waals surface area contributed by atoms with E-state index in [4.69, 9.17) is 9.72 Å². The van der Waals surface area contributed by atoms with Crippen molar-refractivity contribution >= 4 is 33.5 Å². The highest BCUT2D eigenvalue weighted by molar-refractivity contribution is 5.98. The summed E-state index contributed by atoms with van der Waals surface area (Å²) in [5.41, 5.74) is 0.0638. The molecule has 4 aromatic rings. The largest absolute Gasteiger partial charge is 0.461 e. The van der Waals surface area contributed by atoms with Crippen molar-refractivity contribution in [1.29, 1.82) is 0 Å². The molecule has 0 bridgehead atoms. The summed E-state index contributed by atoms with van der Waals surface area (Å²) in [5, 5.41) is 1.27. The van der Waals surface area contributed by atoms with E-state index in [9.17, 15) is 9.18 Å². The van der Waals surface area contributed by atoms with Crippen LogP contribution in [-0.4, -0.2) is 87.7 Å². The molecule has 7 rings (SSSR count). The van der Waals surface area contributed by atoms with Gasteiger partial charge in [-0.2, -0.15) is 9.97 Å². The van der Waals surface area contributed by atoms with Gasteiger partial charge < -0.3 is 14.5 Å². The van der Waals surface area contributed by atoms with Gasteiger partial charge in [-0.15, -0.1) is 0 Å². The highest BCUT2D eigenvalue weighted by atomic mass is 19.1. The molecule has 0 saturated carbocycles. The van der Waals surface area contributed by atoms with Crippen LogP contribution in [0, 0.1) is 11.6 Å². The van der Waals surface area contributed by atoms with Gasteiger partial charge in [0.25, 0.3) is 0 Å². The lowest BCUT2D eigenvalue weighted by Gasteiger charge is -2.40. The van der Waals surface area contributed by atoms with Crippen LogP contribution in [0.25, 0.3) is 33.1 Å². The van der Waals surface area contributed by atoms with Crippen molar-refractivity contribution in [3.05, 3.63) is 66.8 Å². The number of anilines is 1. The molecule has 3 fully saturated rings. The number of benzene rings is 2. The molecule has 11 heteroatoms. The summed E-state index contributed by atoms with van der Waals surface area (Å²) in [5.74, 6) is -0.840. The topological polar surface area (TPSA) is 74.7 Å². The normalized spacial score (nSPS) is 23.8. The summed E-state index contributed by atoms with van der Waals surface area (Å²) in [6, 6.07) is 11.1. The van der Waals surface area contributed by atoms with E-state index in [1.165, 1.54) is 18.2 Å². The number of carbonyl (C=O) groups is 1. The van der Waals surface area contributed by atoms with Crippen LogP contribution < -0.4 is 9.64 Å². The molecule has 2 aromatic heterocycles. The molecule has 3 saturated heterocycles. The van der Waals surface area contributed by atoms with Crippen molar-refractivity contribution in [3.63, 3.8) is 0 Å². The van der Waals surface area contributed by atoms with E-state index in [0.717, 1.165) is 19.4 Å². The summed E-state index contributed by atoms with van der Waals surface area (Å²) >= 11 is 0. The number of hydrogen-bond acceptors (Lipinski definition) is 7. The highest BCUT2D eigenvalue weighted by Crippen LogP contribution is 2.41. The third-order valence-electron chi connectivity index (χ3n) is 9.33. The Morgan fingerprint density at radius 3 is 2.70 bits per heavy atom. The van der Waals surface area contributed by atoms with Crippen molar-refractivity contribution in [2.75, 3.05) is 44.2 Å². The lowest BCUT2D eigenvalue weighted by molar-refractivity contribution is -0.126. The van der Waals surface area contributed by atoms with Gasteiger partial charge in [0, 0.05) is 49.6 Å². The van der Waals surface area contributed by atoms with Crippen LogP contribution in [0.5, 0.6) is 6.01 Å². The number of aromatic nitrogens is 3. The first-order valence-corrected chi connectivity index (χ1v) is 15.0. The Bertz CT molecular complexity index is 1780. The molecule has 8 nitrogen and oxygen atoms in total. The smallest absolute Gasteiger partial charge is 0.320 e. The van der Waals surface area contributed by atoms with Crippen LogP contribution in [0.4, 0.5) is 19.0 Å². The first kappa shape index (κ1) is 28.5. The number of alkyl halides is 1. The number of fused-ring (bicyclic) bond motifs is 3. The second-order valence-electron chi connectivity index (χ2n) is 12.1. The number of rotatable bonds is 6. The van der Waals surface area contributed by atoms with Gasteiger partial charge in [-0.25, -0.2) is 18.2 Å². The zero-order valence-electron chi connectivity index (χ0n) is 24.5. The Labute approximate surface area is 253 Å². The Hall–Kier alpha value is -4.25. The van der Waals surface area contributed by atoms with Gasteiger partial charge in [-0.3, -0.25) is 9.69 Å². The molecule has 2 aromatic carbocycles. The van der Waals surface area contributed by atoms with Crippen molar-refractivity contribution in [1.82, 2.24) is 24.8 Å². The Morgan fingerprint density at radius 2 is 1.91 bits per heavy atom. The lowest BCUT2D eigenvalue weighted by Crippen LogP contribution is -2.53. The third-order valence-corrected chi connectivity index (χ3v) is 9.33. The summed E-state index contributed by atoms with van der Waals surface area (Å²) < 4.78 is 51.6. The summed E-state index contributed by atoms with van der Waals surface area (Å²) in [6.07, 6.45) is 2.57. The van der Waals surface area contributed by atoms with E-state index < -0.39 is 23.3 Å². The number of piperazine rings is 1. The maximum atomic E-state index is 16.0. The fourth-order valence-electron chi connectivity index (χ4n) is 7.21. The minimum atomic E-state index is -0.907. The van der Waals surface area contributed by atoms with Gasteiger partial charge in [-0.1, -0.05) is 36.9 Å². The predicted molar refractivity (Wildman–Crippen MR) is 162 cm³/mol. The fraction of sp³-hybridized carbons (Fsp3) is 0.394. The van der Waals surface area contributed by atoms with Gasteiger partial charge in [0.05, 0.1) is 10.9 Å². The molecule has 3 aliphatic heterocycles. The lowest BCUT2D eigenvalue weighted by atomic mass is 9.95. The molecule has 1 amide bonds. The zero-order valence-corrected chi connectivity index (χ0v) is 24.5.